The molecule has 10 heteroatoms. The van der Waals surface area contributed by atoms with Crippen LogP contribution in [0.4, 0.5) is 11.4 Å². The Labute approximate surface area is 243 Å². The molecule has 1 aliphatic heterocycles. The second-order valence-electron chi connectivity index (χ2n) is 8.97. The average molecular weight is 587 g/mol. The van der Waals surface area contributed by atoms with E-state index >= 15 is 0 Å². The number of carbonyl (C=O) groups excluding carboxylic acids is 2. The van der Waals surface area contributed by atoms with Crippen molar-refractivity contribution in [2.75, 3.05) is 30.5 Å². The molecule has 2 amide bonds. The van der Waals surface area contributed by atoms with Gasteiger partial charge in [-0.2, -0.15) is 0 Å². The van der Waals surface area contributed by atoms with Crippen LogP contribution in [0.15, 0.2) is 66.7 Å². The number of carbonyl (C=O) groups is 2. The van der Waals surface area contributed by atoms with Crippen molar-refractivity contribution in [3.05, 3.63) is 82.3 Å². The Morgan fingerprint density at radius 3 is 2.36 bits per heavy atom. The summed E-state index contributed by atoms with van der Waals surface area (Å²) >= 11 is 18.2. The van der Waals surface area contributed by atoms with Gasteiger partial charge in [0.2, 0.25) is 5.91 Å². The average Bonchev–Trinajstić information content (AvgIpc) is 3.16. The highest BCUT2D eigenvalue weighted by Gasteiger charge is 2.44. The number of rotatable bonds is 11. The molecule has 0 spiro atoms. The minimum Gasteiger partial charge on any atom is -0.497 e. The number of halogens is 2. The van der Waals surface area contributed by atoms with E-state index in [1.165, 1.54) is 4.90 Å². The van der Waals surface area contributed by atoms with E-state index in [2.05, 4.69) is 5.32 Å². The van der Waals surface area contributed by atoms with Gasteiger partial charge in [-0.05, 0) is 91.3 Å². The molecule has 1 aliphatic rings. The van der Waals surface area contributed by atoms with E-state index in [9.17, 15) is 9.59 Å². The maximum absolute atomic E-state index is 13.7. The first kappa shape index (κ1) is 28.7. The fourth-order valence-corrected chi connectivity index (χ4v) is 5.18. The lowest BCUT2D eigenvalue weighted by Gasteiger charge is -2.24. The van der Waals surface area contributed by atoms with Crippen LogP contribution in [0.25, 0.3) is 0 Å². The minimum absolute atomic E-state index is 0.0753. The Kier molecular flexibility index (Phi) is 9.67. The Hall–Kier alpha value is -3.33. The fourth-order valence-electron chi connectivity index (χ4n) is 4.26. The molecule has 0 aliphatic carbocycles. The van der Waals surface area contributed by atoms with Gasteiger partial charge in [0.05, 0.1) is 25.8 Å². The maximum Gasteiger partial charge on any atom is 0.256 e. The molecule has 0 aromatic heterocycles. The Morgan fingerprint density at radius 1 is 1.03 bits per heavy atom. The lowest BCUT2D eigenvalue weighted by atomic mass is 10.1. The van der Waals surface area contributed by atoms with E-state index in [-0.39, 0.29) is 18.2 Å². The summed E-state index contributed by atoms with van der Waals surface area (Å²) in [7, 11) is 1.57. The van der Waals surface area contributed by atoms with Gasteiger partial charge in [-0.1, -0.05) is 36.2 Å². The van der Waals surface area contributed by atoms with E-state index in [0.29, 0.717) is 51.9 Å². The van der Waals surface area contributed by atoms with Crippen LogP contribution in [-0.4, -0.2) is 48.1 Å². The number of ether oxygens (including phenoxy) is 2. The zero-order valence-electron chi connectivity index (χ0n) is 21.7. The van der Waals surface area contributed by atoms with Crippen LogP contribution in [0.2, 0.25) is 10.0 Å². The van der Waals surface area contributed by atoms with E-state index in [0.717, 1.165) is 17.7 Å². The molecule has 39 heavy (non-hydrogen) atoms. The number of nitrogens with zero attached hydrogens (tertiary/aromatic N) is 2. The number of benzene rings is 3. The fraction of sp³-hybridized carbons (Fsp3) is 0.276. The number of hydrogen-bond acceptors (Lipinski definition) is 5. The largest absolute Gasteiger partial charge is 0.497 e. The molecular weight excluding hydrogens is 557 g/mol. The third-order valence-corrected chi connectivity index (χ3v) is 7.28. The summed E-state index contributed by atoms with van der Waals surface area (Å²) in [5.41, 5.74) is 2.09. The number of thiocarbonyl (C=S) groups is 1. The van der Waals surface area contributed by atoms with Crippen LogP contribution in [-0.2, 0) is 16.0 Å². The van der Waals surface area contributed by atoms with Crippen LogP contribution in [0, 0.1) is 0 Å². The van der Waals surface area contributed by atoms with Crippen LogP contribution in [0.3, 0.4) is 0 Å². The van der Waals surface area contributed by atoms with Gasteiger partial charge in [0.15, 0.2) is 5.11 Å². The van der Waals surface area contributed by atoms with Gasteiger partial charge in [-0.15, -0.1) is 0 Å². The molecule has 1 heterocycles. The highest BCUT2D eigenvalue weighted by atomic mass is 35.5. The normalized spacial score (nSPS) is 15.0. The SMILES string of the molecule is CCCOc1ccc(NC(=O)C[C@@H]2C(=O)N(c3ccc(OC)cc3)C(=S)N2CCc2ccc(Cl)cc2Cl)cc1. The van der Waals surface area contributed by atoms with Crippen molar-refractivity contribution >= 4 is 63.7 Å². The van der Waals surface area contributed by atoms with Crippen molar-refractivity contribution in [3.8, 4) is 11.5 Å². The van der Waals surface area contributed by atoms with E-state index in [4.69, 9.17) is 44.9 Å². The molecule has 204 valence electrons. The van der Waals surface area contributed by atoms with E-state index < -0.39 is 6.04 Å². The predicted molar refractivity (Wildman–Crippen MR) is 159 cm³/mol. The first-order valence-electron chi connectivity index (χ1n) is 12.6. The highest BCUT2D eigenvalue weighted by molar-refractivity contribution is 7.80. The van der Waals surface area contributed by atoms with Gasteiger partial charge >= 0.3 is 0 Å². The third-order valence-electron chi connectivity index (χ3n) is 6.28. The summed E-state index contributed by atoms with van der Waals surface area (Å²) < 4.78 is 10.8. The number of amides is 2. The van der Waals surface area contributed by atoms with Crippen LogP contribution < -0.4 is 19.7 Å². The number of hydrogen-bond donors (Lipinski definition) is 1. The molecule has 4 rings (SSSR count). The van der Waals surface area contributed by atoms with Crippen molar-refractivity contribution in [3.63, 3.8) is 0 Å². The monoisotopic (exact) mass is 585 g/mol. The van der Waals surface area contributed by atoms with Gasteiger partial charge in [0, 0.05) is 22.3 Å². The first-order chi connectivity index (χ1) is 18.8. The molecule has 3 aromatic rings. The summed E-state index contributed by atoms with van der Waals surface area (Å²) in [5.74, 6) is 0.816. The predicted octanol–water partition coefficient (Wildman–Crippen LogP) is 6.36. The first-order valence-corrected chi connectivity index (χ1v) is 13.7. The van der Waals surface area contributed by atoms with Crippen LogP contribution in [0.5, 0.6) is 11.5 Å². The summed E-state index contributed by atoms with van der Waals surface area (Å²) in [6, 6.07) is 18.7. The van der Waals surface area contributed by atoms with Crippen molar-refractivity contribution in [1.82, 2.24) is 4.90 Å². The minimum atomic E-state index is -0.780. The highest BCUT2D eigenvalue weighted by Crippen LogP contribution is 2.30. The van der Waals surface area contributed by atoms with Gasteiger partial charge in [-0.3, -0.25) is 14.5 Å². The van der Waals surface area contributed by atoms with Crippen LogP contribution >= 0.6 is 35.4 Å². The molecular formula is C29H29Cl2N3O4S. The maximum atomic E-state index is 13.7. The number of methoxy groups -OCH3 is 1. The van der Waals surface area contributed by atoms with Gasteiger partial charge < -0.3 is 19.7 Å². The quantitative estimate of drug-likeness (QED) is 0.264. The number of nitrogens with one attached hydrogen (secondary N) is 1. The molecule has 0 bridgehead atoms. The summed E-state index contributed by atoms with van der Waals surface area (Å²) in [5, 5.41) is 4.28. The lowest BCUT2D eigenvalue weighted by molar-refractivity contribution is -0.124. The molecule has 0 saturated carbocycles. The zero-order chi connectivity index (χ0) is 27.9. The summed E-state index contributed by atoms with van der Waals surface area (Å²) in [6.45, 7) is 3.05. The summed E-state index contributed by atoms with van der Waals surface area (Å²) in [4.78, 5) is 30.0. The lowest BCUT2D eigenvalue weighted by Crippen LogP contribution is -2.39. The van der Waals surface area contributed by atoms with Gasteiger partial charge in [-0.25, -0.2) is 0 Å². The van der Waals surface area contributed by atoms with Gasteiger partial charge in [0.25, 0.3) is 5.91 Å². The van der Waals surface area contributed by atoms with Gasteiger partial charge in [0.1, 0.15) is 17.5 Å². The smallest absolute Gasteiger partial charge is 0.256 e. The van der Waals surface area contributed by atoms with Crippen molar-refractivity contribution in [1.29, 1.82) is 0 Å². The van der Waals surface area contributed by atoms with Crippen molar-refractivity contribution in [2.45, 2.75) is 32.2 Å². The number of anilines is 2. The Bertz CT molecular complexity index is 1340. The summed E-state index contributed by atoms with van der Waals surface area (Å²) in [6.07, 6.45) is 1.34. The second-order valence-corrected chi connectivity index (χ2v) is 10.2. The topological polar surface area (TPSA) is 71.1 Å². The molecule has 7 nitrogen and oxygen atoms in total. The Morgan fingerprint density at radius 2 is 1.72 bits per heavy atom. The van der Waals surface area contributed by atoms with E-state index in [1.54, 1.807) is 72.7 Å². The standard InChI is InChI=1S/C29H29Cl2N3O4S/c1-3-16-38-24-10-6-21(7-11-24)32-27(35)18-26-28(36)34(22-8-12-23(37-2)13-9-22)29(39)33(26)15-14-19-4-5-20(30)17-25(19)31/h4-13,17,26H,3,14-16,18H2,1-2H3,(H,32,35)/t26-/m1/s1. The van der Waals surface area contributed by atoms with Crippen molar-refractivity contribution in [2.24, 2.45) is 0 Å². The molecule has 3 aromatic carbocycles. The molecule has 0 unspecified atom stereocenters. The zero-order valence-corrected chi connectivity index (χ0v) is 24.0. The van der Waals surface area contributed by atoms with Crippen LogP contribution in [0.1, 0.15) is 25.3 Å². The van der Waals surface area contributed by atoms with E-state index in [1.807, 2.05) is 13.0 Å². The van der Waals surface area contributed by atoms with Crippen molar-refractivity contribution < 1.29 is 19.1 Å². The molecule has 1 N–H and O–H groups in total. The Balaban J connectivity index is 1.52. The molecule has 0 radical (unpaired) electrons. The third kappa shape index (κ3) is 7.01. The molecule has 1 atom stereocenters. The molecule has 1 fully saturated rings. The molecule has 1 saturated heterocycles. The second kappa shape index (κ2) is 13.2.